The molecule has 0 saturated heterocycles. The first kappa shape index (κ1) is 17.4. The summed E-state index contributed by atoms with van der Waals surface area (Å²) in [4.78, 5) is 17.1. The Morgan fingerprint density at radius 1 is 1.22 bits per heavy atom. The molecule has 2 heterocycles. The van der Waals surface area contributed by atoms with E-state index in [1.54, 1.807) is 25.1 Å². The highest BCUT2D eigenvalue weighted by atomic mass is 32.2. The van der Waals surface area contributed by atoms with Crippen LogP contribution in [0.25, 0.3) is 22.3 Å². The normalized spacial score (nSPS) is 11.0. The number of aromatic nitrogens is 3. The molecule has 6 nitrogen and oxygen atoms in total. The summed E-state index contributed by atoms with van der Waals surface area (Å²) in [6.45, 7) is 0.382. The van der Waals surface area contributed by atoms with Crippen LogP contribution in [-0.2, 0) is 6.54 Å². The molecule has 2 aromatic carbocycles. The molecule has 4 aromatic rings. The van der Waals surface area contributed by atoms with Crippen LogP contribution in [0.3, 0.4) is 0 Å². The van der Waals surface area contributed by atoms with Crippen LogP contribution in [0.4, 0.5) is 0 Å². The van der Waals surface area contributed by atoms with Crippen molar-refractivity contribution in [3.8, 4) is 17.1 Å². The van der Waals surface area contributed by atoms with E-state index in [4.69, 9.17) is 9.26 Å². The van der Waals surface area contributed by atoms with E-state index in [9.17, 15) is 4.79 Å². The van der Waals surface area contributed by atoms with Crippen molar-refractivity contribution in [2.75, 3.05) is 13.4 Å². The Balaban J connectivity index is 1.64. The predicted octanol–water partition coefficient (Wildman–Crippen LogP) is 4.28. The van der Waals surface area contributed by atoms with E-state index >= 15 is 0 Å². The number of nitrogens with zero attached hydrogens (tertiary/aromatic N) is 3. The van der Waals surface area contributed by atoms with Crippen molar-refractivity contribution < 1.29 is 14.1 Å². The molecule has 0 bridgehead atoms. The van der Waals surface area contributed by atoms with Crippen molar-refractivity contribution in [3.05, 3.63) is 60.1 Å². The molecule has 0 spiro atoms. The molecule has 0 amide bonds. The second-order valence-electron chi connectivity index (χ2n) is 5.95. The summed E-state index contributed by atoms with van der Waals surface area (Å²) >= 11 is 1.68. The number of methoxy groups -OCH3 is 1. The fourth-order valence-corrected chi connectivity index (χ4v) is 3.39. The van der Waals surface area contributed by atoms with Gasteiger partial charge in [-0.15, -0.1) is 11.8 Å². The van der Waals surface area contributed by atoms with Gasteiger partial charge in [0.1, 0.15) is 12.3 Å². The molecule has 136 valence electrons. The van der Waals surface area contributed by atoms with Gasteiger partial charge >= 0.3 is 0 Å². The van der Waals surface area contributed by atoms with Crippen molar-refractivity contribution in [3.63, 3.8) is 0 Å². The summed E-state index contributed by atoms with van der Waals surface area (Å²) in [5.41, 5.74) is 2.40. The maximum absolute atomic E-state index is 11.4. The van der Waals surface area contributed by atoms with E-state index in [0.717, 1.165) is 22.8 Å². The predicted molar refractivity (Wildman–Crippen MR) is 104 cm³/mol. The van der Waals surface area contributed by atoms with Crippen molar-refractivity contribution in [1.82, 2.24) is 14.7 Å². The first-order chi connectivity index (χ1) is 13.2. The van der Waals surface area contributed by atoms with Crippen LogP contribution >= 0.6 is 11.8 Å². The molecular formula is C20H17N3O3S. The van der Waals surface area contributed by atoms with E-state index in [1.807, 2.05) is 53.3 Å². The van der Waals surface area contributed by atoms with Gasteiger partial charge in [-0.25, -0.2) is 0 Å². The molecule has 27 heavy (non-hydrogen) atoms. The van der Waals surface area contributed by atoms with E-state index in [2.05, 4.69) is 10.1 Å². The van der Waals surface area contributed by atoms with Gasteiger partial charge in [-0.3, -0.25) is 4.79 Å². The summed E-state index contributed by atoms with van der Waals surface area (Å²) in [5, 5.41) is 4.91. The molecule has 0 saturated carbocycles. The van der Waals surface area contributed by atoms with Gasteiger partial charge in [-0.2, -0.15) is 4.98 Å². The maximum atomic E-state index is 11.4. The molecule has 0 aliphatic heterocycles. The number of aldehydes is 1. The summed E-state index contributed by atoms with van der Waals surface area (Å²) in [5.74, 6) is 1.73. The molecule has 0 N–H and O–H groups in total. The fourth-order valence-electron chi connectivity index (χ4n) is 2.98. The SMILES string of the molecule is COc1ccc2c(c1)c(C=O)cn2Cc1nc(-c2ccc(SC)cc2)no1. The number of fused-ring (bicyclic) bond motifs is 1. The molecule has 0 atom stereocenters. The summed E-state index contributed by atoms with van der Waals surface area (Å²) in [6.07, 6.45) is 4.66. The Bertz CT molecular complexity index is 1100. The second-order valence-corrected chi connectivity index (χ2v) is 6.83. The summed E-state index contributed by atoms with van der Waals surface area (Å²) in [7, 11) is 1.60. The van der Waals surface area contributed by atoms with E-state index in [1.165, 1.54) is 4.90 Å². The third-order valence-electron chi connectivity index (χ3n) is 4.37. The third kappa shape index (κ3) is 3.33. The van der Waals surface area contributed by atoms with Crippen molar-refractivity contribution in [2.24, 2.45) is 0 Å². The smallest absolute Gasteiger partial charge is 0.246 e. The molecular weight excluding hydrogens is 362 g/mol. The van der Waals surface area contributed by atoms with E-state index in [0.29, 0.717) is 29.6 Å². The van der Waals surface area contributed by atoms with Gasteiger partial charge in [0.2, 0.25) is 11.7 Å². The van der Waals surface area contributed by atoms with Crippen LogP contribution in [0, 0.1) is 0 Å². The number of benzene rings is 2. The van der Waals surface area contributed by atoms with E-state index < -0.39 is 0 Å². The van der Waals surface area contributed by atoms with Crippen molar-refractivity contribution in [1.29, 1.82) is 0 Å². The average molecular weight is 379 g/mol. The molecule has 0 fully saturated rings. The quantitative estimate of drug-likeness (QED) is 0.368. The van der Waals surface area contributed by atoms with Gasteiger partial charge in [0, 0.05) is 33.1 Å². The number of hydrogen-bond donors (Lipinski definition) is 0. The number of ether oxygens (including phenoxy) is 1. The van der Waals surface area contributed by atoms with Crippen LogP contribution in [0.15, 0.2) is 58.1 Å². The number of carbonyl (C=O) groups excluding carboxylic acids is 1. The van der Waals surface area contributed by atoms with Gasteiger partial charge in [0.25, 0.3) is 0 Å². The average Bonchev–Trinajstić information content (AvgIpc) is 3.32. The minimum absolute atomic E-state index is 0.382. The molecule has 7 heteroatoms. The highest BCUT2D eigenvalue weighted by Gasteiger charge is 2.13. The Labute approximate surface area is 160 Å². The highest BCUT2D eigenvalue weighted by molar-refractivity contribution is 7.98. The van der Waals surface area contributed by atoms with Crippen molar-refractivity contribution >= 4 is 29.0 Å². The number of rotatable bonds is 6. The molecule has 0 unspecified atom stereocenters. The lowest BCUT2D eigenvalue weighted by molar-refractivity contribution is 0.112. The standard InChI is InChI=1S/C20H17N3O3S/c1-25-15-5-8-18-17(9-15)14(12-24)10-23(18)11-19-21-20(22-26-19)13-3-6-16(27-2)7-4-13/h3-10,12H,11H2,1-2H3. The number of thioether (sulfide) groups is 1. The molecule has 0 aliphatic carbocycles. The van der Waals surface area contributed by atoms with Gasteiger partial charge in [0.15, 0.2) is 6.29 Å². The fraction of sp³-hybridized carbons (Fsp3) is 0.150. The third-order valence-corrected chi connectivity index (χ3v) is 5.11. The zero-order valence-electron chi connectivity index (χ0n) is 14.9. The molecule has 2 aromatic heterocycles. The maximum Gasteiger partial charge on any atom is 0.246 e. The van der Waals surface area contributed by atoms with Gasteiger partial charge in [-0.05, 0) is 48.7 Å². The zero-order chi connectivity index (χ0) is 18.8. The topological polar surface area (TPSA) is 70.2 Å². The number of carbonyl (C=O) groups is 1. The molecule has 0 radical (unpaired) electrons. The lowest BCUT2D eigenvalue weighted by atomic mass is 10.2. The molecule has 4 rings (SSSR count). The van der Waals surface area contributed by atoms with Crippen molar-refractivity contribution in [2.45, 2.75) is 11.4 Å². The van der Waals surface area contributed by atoms with Crippen LogP contribution in [0.1, 0.15) is 16.2 Å². The van der Waals surface area contributed by atoms with E-state index in [-0.39, 0.29) is 0 Å². The lowest BCUT2D eigenvalue weighted by Crippen LogP contribution is -1.98. The van der Waals surface area contributed by atoms with Crippen LogP contribution in [-0.4, -0.2) is 34.4 Å². The number of hydrogen-bond acceptors (Lipinski definition) is 6. The van der Waals surface area contributed by atoms with Crippen LogP contribution in [0.2, 0.25) is 0 Å². The Morgan fingerprint density at radius 3 is 2.74 bits per heavy atom. The molecule has 0 aliphatic rings. The minimum Gasteiger partial charge on any atom is -0.497 e. The zero-order valence-corrected chi connectivity index (χ0v) is 15.7. The Hall–Kier alpha value is -3.06. The first-order valence-corrected chi connectivity index (χ1v) is 9.53. The second kappa shape index (κ2) is 7.28. The lowest BCUT2D eigenvalue weighted by Gasteiger charge is -2.03. The highest BCUT2D eigenvalue weighted by Crippen LogP contribution is 2.26. The van der Waals surface area contributed by atoms with Gasteiger partial charge < -0.3 is 13.8 Å². The largest absolute Gasteiger partial charge is 0.497 e. The van der Waals surface area contributed by atoms with Crippen LogP contribution < -0.4 is 4.74 Å². The summed E-state index contributed by atoms with van der Waals surface area (Å²) < 4.78 is 12.6. The van der Waals surface area contributed by atoms with Gasteiger partial charge in [0.05, 0.1) is 7.11 Å². The van der Waals surface area contributed by atoms with Gasteiger partial charge in [-0.1, -0.05) is 5.16 Å². The minimum atomic E-state index is 0.382. The summed E-state index contributed by atoms with van der Waals surface area (Å²) in [6, 6.07) is 13.6. The Morgan fingerprint density at radius 2 is 2.04 bits per heavy atom. The monoisotopic (exact) mass is 379 g/mol. The van der Waals surface area contributed by atoms with Crippen LogP contribution in [0.5, 0.6) is 5.75 Å². The first-order valence-electron chi connectivity index (χ1n) is 8.31. The Kier molecular flexibility index (Phi) is 4.68.